The molecule has 0 spiro atoms. The van der Waals surface area contributed by atoms with Crippen molar-refractivity contribution in [2.45, 2.75) is 13.0 Å². The van der Waals surface area contributed by atoms with Crippen LogP contribution in [0.2, 0.25) is 0 Å². The molecule has 0 bridgehead atoms. The SMILES string of the molecule is CNc1cncc(NC(C)c2ccccn2)c1. The van der Waals surface area contributed by atoms with Gasteiger partial charge in [0.25, 0.3) is 0 Å². The van der Waals surface area contributed by atoms with Crippen LogP contribution in [0.4, 0.5) is 11.4 Å². The number of pyridine rings is 2. The second kappa shape index (κ2) is 5.30. The monoisotopic (exact) mass is 228 g/mol. The van der Waals surface area contributed by atoms with Gasteiger partial charge < -0.3 is 10.6 Å². The molecule has 2 N–H and O–H groups in total. The van der Waals surface area contributed by atoms with Gasteiger partial charge in [0.05, 0.1) is 35.5 Å². The molecular formula is C13H16N4. The van der Waals surface area contributed by atoms with Gasteiger partial charge in [-0.15, -0.1) is 0 Å². The summed E-state index contributed by atoms with van der Waals surface area (Å²) in [6.07, 6.45) is 5.40. The van der Waals surface area contributed by atoms with E-state index in [0.717, 1.165) is 17.1 Å². The van der Waals surface area contributed by atoms with Crippen LogP contribution in [0, 0.1) is 0 Å². The molecule has 2 aromatic rings. The van der Waals surface area contributed by atoms with Gasteiger partial charge in [0, 0.05) is 13.2 Å². The highest BCUT2D eigenvalue weighted by Crippen LogP contribution is 2.18. The predicted molar refractivity (Wildman–Crippen MR) is 70.1 cm³/mol. The first-order valence-corrected chi connectivity index (χ1v) is 5.60. The van der Waals surface area contributed by atoms with Crippen LogP contribution in [0.25, 0.3) is 0 Å². The minimum Gasteiger partial charge on any atom is -0.387 e. The fraction of sp³-hybridized carbons (Fsp3) is 0.231. The molecule has 2 aromatic heterocycles. The molecule has 0 saturated heterocycles. The summed E-state index contributed by atoms with van der Waals surface area (Å²) < 4.78 is 0. The van der Waals surface area contributed by atoms with Crippen LogP contribution >= 0.6 is 0 Å². The number of nitrogens with one attached hydrogen (secondary N) is 2. The van der Waals surface area contributed by atoms with Gasteiger partial charge >= 0.3 is 0 Å². The molecule has 4 nitrogen and oxygen atoms in total. The number of hydrogen-bond donors (Lipinski definition) is 2. The molecule has 1 atom stereocenters. The van der Waals surface area contributed by atoms with E-state index in [1.165, 1.54) is 0 Å². The molecule has 0 radical (unpaired) electrons. The highest BCUT2D eigenvalue weighted by molar-refractivity contribution is 5.54. The van der Waals surface area contributed by atoms with E-state index in [9.17, 15) is 0 Å². The van der Waals surface area contributed by atoms with Gasteiger partial charge in [-0.25, -0.2) is 0 Å². The lowest BCUT2D eigenvalue weighted by Gasteiger charge is -2.14. The van der Waals surface area contributed by atoms with E-state index in [2.05, 4.69) is 27.5 Å². The minimum atomic E-state index is 0.158. The number of anilines is 2. The van der Waals surface area contributed by atoms with Crippen molar-refractivity contribution < 1.29 is 0 Å². The van der Waals surface area contributed by atoms with Crippen molar-refractivity contribution in [1.82, 2.24) is 9.97 Å². The third-order valence-corrected chi connectivity index (χ3v) is 2.54. The first-order valence-electron chi connectivity index (χ1n) is 5.60. The molecule has 2 rings (SSSR count). The quantitative estimate of drug-likeness (QED) is 0.844. The standard InChI is InChI=1S/C13H16N4/c1-10(13-5-3-4-6-16-13)17-12-7-11(14-2)8-15-9-12/h3-10,14,17H,1-2H3. The Bertz CT molecular complexity index is 470. The van der Waals surface area contributed by atoms with Crippen molar-refractivity contribution in [3.63, 3.8) is 0 Å². The lowest BCUT2D eigenvalue weighted by molar-refractivity contribution is 0.838. The molecule has 88 valence electrons. The van der Waals surface area contributed by atoms with Gasteiger partial charge in [-0.1, -0.05) is 6.07 Å². The average molecular weight is 228 g/mol. The number of hydrogen-bond acceptors (Lipinski definition) is 4. The van der Waals surface area contributed by atoms with Crippen molar-refractivity contribution in [1.29, 1.82) is 0 Å². The molecule has 0 aliphatic rings. The Labute approximate surface area is 101 Å². The topological polar surface area (TPSA) is 49.8 Å². The zero-order valence-electron chi connectivity index (χ0n) is 10.0. The van der Waals surface area contributed by atoms with E-state index in [-0.39, 0.29) is 6.04 Å². The maximum atomic E-state index is 4.32. The van der Waals surface area contributed by atoms with Crippen molar-refractivity contribution in [3.05, 3.63) is 48.5 Å². The molecule has 0 aromatic carbocycles. The van der Waals surface area contributed by atoms with Gasteiger partial charge in [-0.3, -0.25) is 9.97 Å². The second-order valence-electron chi connectivity index (χ2n) is 3.83. The Balaban J connectivity index is 2.10. The summed E-state index contributed by atoms with van der Waals surface area (Å²) in [5, 5.41) is 6.43. The Morgan fingerprint density at radius 3 is 2.71 bits per heavy atom. The first kappa shape index (κ1) is 11.4. The zero-order chi connectivity index (χ0) is 12.1. The Morgan fingerprint density at radius 2 is 2.00 bits per heavy atom. The van der Waals surface area contributed by atoms with Crippen LogP contribution in [0.3, 0.4) is 0 Å². The largest absolute Gasteiger partial charge is 0.387 e. The molecule has 0 saturated carbocycles. The molecule has 17 heavy (non-hydrogen) atoms. The predicted octanol–water partition coefficient (Wildman–Crippen LogP) is 2.69. The molecule has 0 amide bonds. The molecule has 1 unspecified atom stereocenters. The maximum absolute atomic E-state index is 4.32. The van der Waals surface area contributed by atoms with E-state index in [1.807, 2.05) is 31.3 Å². The van der Waals surface area contributed by atoms with Crippen LogP contribution in [-0.4, -0.2) is 17.0 Å². The van der Waals surface area contributed by atoms with Gasteiger partial charge in [0.1, 0.15) is 0 Å². The Hall–Kier alpha value is -2.10. The van der Waals surface area contributed by atoms with Crippen LogP contribution in [0.1, 0.15) is 18.7 Å². The van der Waals surface area contributed by atoms with Crippen LogP contribution < -0.4 is 10.6 Å². The Kier molecular flexibility index (Phi) is 3.55. The molecule has 0 aliphatic carbocycles. The first-order chi connectivity index (χ1) is 8.29. The summed E-state index contributed by atoms with van der Waals surface area (Å²) >= 11 is 0. The summed E-state index contributed by atoms with van der Waals surface area (Å²) in [4.78, 5) is 8.48. The number of rotatable bonds is 4. The summed E-state index contributed by atoms with van der Waals surface area (Å²) in [7, 11) is 1.88. The normalized spacial score (nSPS) is 11.9. The highest BCUT2D eigenvalue weighted by atomic mass is 15.0. The van der Waals surface area contributed by atoms with Crippen molar-refractivity contribution in [2.24, 2.45) is 0 Å². The van der Waals surface area contributed by atoms with E-state index in [4.69, 9.17) is 0 Å². The van der Waals surface area contributed by atoms with Gasteiger partial charge in [0.2, 0.25) is 0 Å². The Morgan fingerprint density at radius 1 is 1.18 bits per heavy atom. The average Bonchev–Trinajstić information content (AvgIpc) is 2.40. The van der Waals surface area contributed by atoms with Crippen LogP contribution in [0.5, 0.6) is 0 Å². The van der Waals surface area contributed by atoms with E-state index in [1.54, 1.807) is 18.6 Å². The second-order valence-corrected chi connectivity index (χ2v) is 3.83. The van der Waals surface area contributed by atoms with Crippen molar-refractivity contribution in [2.75, 3.05) is 17.7 Å². The molecule has 0 fully saturated rings. The smallest absolute Gasteiger partial charge is 0.0657 e. The lowest BCUT2D eigenvalue weighted by Crippen LogP contribution is -2.08. The fourth-order valence-corrected chi connectivity index (χ4v) is 1.61. The third-order valence-electron chi connectivity index (χ3n) is 2.54. The summed E-state index contributed by atoms with van der Waals surface area (Å²) in [6.45, 7) is 2.08. The van der Waals surface area contributed by atoms with E-state index < -0.39 is 0 Å². The highest BCUT2D eigenvalue weighted by Gasteiger charge is 2.06. The number of nitrogens with zero attached hydrogens (tertiary/aromatic N) is 2. The third kappa shape index (κ3) is 2.93. The van der Waals surface area contributed by atoms with Crippen molar-refractivity contribution >= 4 is 11.4 Å². The number of aromatic nitrogens is 2. The molecule has 2 heterocycles. The van der Waals surface area contributed by atoms with E-state index in [0.29, 0.717) is 0 Å². The zero-order valence-corrected chi connectivity index (χ0v) is 10.0. The van der Waals surface area contributed by atoms with Crippen LogP contribution in [0.15, 0.2) is 42.9 Å². The van der Waals surface area contributed by atoms with Gasteiger partial charge in [-0.2, -0.15) is 0 Å². The van der Waals surface area contributed by atoms with Gasteiger partial charge in [0.15, 0.2) is 0 Å². The van der Waals surface area contributed by atoms with Crippen LogP contribution in [-0.2, 0) is 0 Å². The lowest BCUT2D eigenvalue weighted by atomic mass is 10.2. The minimum absolute atomic E-state index is 0.158. The summed E-state index contributed by atoms with van der Waals surface area (Å²) in [5.74, 6) is 0. The summed E-state index contributed by atoms with van der Waals surface area (Å²) in [6, 6.07) is 8.09. The fourth-order valence-electron chi connectivity index (χ4n) is 1.61. The summed E-state index contributed by atoms with van der Waals surface area (Å²) in [5.41, 5.74) is 2.99. The van der Waals surface area contributed by atoms with Gasteiger partial charge in [-0.05, 0) is 25.1 Å². The molecular weight excluding hydrogens is 212 g/mol. The maximum Gasteiger partial charge on any atom is 0.0657 e. The van der Waals surface area contributed by atoms with Crippen molar-refractivity contribution in [3.8, 4) is 0 Å². The molecule has 4 heteroatoms. The molecule has 0 aliphatic heterocycles. The van der Waals surface area contributed by atoms with E-state index >= 15 is 0 Å².